The number of carbonyl (C=O) groups is 1. The van der Waals surface area contributed by atoms with Crippen molar-refractivity contribution < 1.29 is 13.2 Å². The zero-order valence-corrected chi connectivity index (χ0v) is 14.5. The van der Waals surface area contributed by atoms with Crippen LogP contribution in [-0.2, 0) is 21.4 Å². The van der Waals surface area contributed by atoms with E-state index in [1.54, 1.807) is 16.4 Å². The van der Waals surface area contributed by atoms with Gasteiger partial charge in [0.05, 0.1) is 4.90 Å². The molecule has 0 atom stereocenters. The molecule has 1 aromatic carbocycles. The second-order valence-electron chi connectivity index (χ2n) is 5.90. The minimum atomic E-state index is -3.48. The molecule has 0 unspecified atom stereocenters. The Morgan fingerprint density at radius 3 is 2.36 bits per heavy atom. The summed E-state index contributed by atoms with van der Waals surface area (Å²) in [7, 11) is -3.48. The van der Waals surface area contributed by atoms with Crippen LogP contribution >= 0.6 is 0 Å². The van der Waals surface area contributed by atoms with Crippen molar-refractivity contribution in [3.63, 3.8) is 0 Å². The van der Waals surface area contributed by atoms with E-state index in [9.17, 15) is 13.2 Å². The molecule has 0 bridgehead atoms. The van der Waals surface area contributed by atoms with E-state index < -0.39 is 10.0 Å². The molecule has 1 amide bonds. The Hall–Kier alpha value is -2.33. The number of anilines is 1. The van der Waals surface area contributed by atoms with Crippen molar-refractivity contribution in [1.29, 1.82) is 0 Å². The van der Waals surface area contributed by atoms with Gasteiger partial charge in [-0.2, -0.15) is 4.31 Å². The second kappa shape index (κ2) is 7.70. The molecule has 3 rings (SSSR count). The van der Waals surface area contributed by atoms with Gasteiger partial charge < -0.3 is 5.32 Å². The Kier molecular flexibility index (Phi) is 5.39. The van der Waals surface area contributed by atoms with Crippen LogP contribution in [0.25, 0.3) is 0 Å². The van der Waals surface area contributed by atoms with Crippen LogP contribution in [-0.4, -0.2) is 51.9 Å². The molecule has 1 aromatic heterocycles. The van der Waals surface area contributed by atoms with Gasteiger partial charge in [-0.3, -0.25) is 4.79 Å². The smallest absolute Gasteiger partial charge is 0.246 e. The fourth-order valence-electron chi connectivity index (χ4n) is 2.74. The molecule has 0 aliphatic carbocycles. The first-order chi connectivity index (χ1) is 12.1. The van der Waals surface area contributed by atoms with Crippen molar-refractivity contribution in [2.75, 3.05) is 18.4 Å². The van der Waals surface area contributed by atoms with Crippen LogP contribution in [0.15, 0.2) is 35.5 Å². The van der Waals surface area contributed by atoms with Crippen LogP contribution in [0.4, 0.5) is 5.69 Å². The summed E-state index contributed by atoms with van der Waals surface area (Å²) < 4.78 is 28.2. The van der Waals surface area contributed by atoms with Crippen molar-refractivity contribution in [3.05, 3.63) is 30.6 Å². The van der Waals surface area contributed by atoms with E-state index in [2.05, 4.69) is 20.8 Å². The summed E-state index contributed by atoms with van der Waals surface area (Å²) in [6, 6.07) is 6.21. The summed E-state index contributed by atoms with van der Waals surface area (Å²) in [5, 5.41) is 13.2. The van der Waals surface area contributed by atoms with Gasteiger partial charge in [-0.05, 0) is 47.5 Å². The SMILES string of the molecule is O=C(Cn1cnnn1)Nc1ccc(S(=O)(=O)N2CCCCCC2)cc1. The average Bonchev–Trinajstić information content (AvgIpc) is 2.94. The van der Waals surface area contributed by atoms with E-state index in [1.807, 2.05) is 0 Å². The number of tetrazole rings is 1. The largest absolute Gasteiger partial charge is 0.324 e. The van der Waals surface area contributed by atoms with E-state index in [-0.39, 0.29) is 17.3 Å². The Morgan fingerprint density at radius 1 is 1.08 bits per heavy atom. The molecule has 0 spiro atoms. The second-order valence-corrected chi connectivity index (χ2v) is 7.84. The van der Waals surface area contributed by atoms with Gasteiger partial charge in [0.15, 0.2) is 0 Å². The number of carbonyl (C=O) groups excluding carboxylic acids is 1. The molecule has 2 aromatic rings. The van der Waals surface area contributed by atoms with Gasteiger partial charge in [-0.25, -0.2) is 13.1 Å². The number of nitrogens with one attached hydrogen (secondary N) is 1. The molecule has 9 nitrogen and oxygen atoms in total. The van der Waals surface area contributed by atoms with Crippen LogP contribution in [0.1, 0.15) is 25.7 Å². The minimum Gasteiger partial charge on any atom is -0.324 e. The highest BCUT2D eigenvalue weighted by molar-refractivity contribution is 7.89. The third kappa shape index (κ3) is 4.40. The van der Waals surface area contributed by atoms with Gasteiger partial charge in [0, 0.05) is 18.8 Å². The maximum Gasteiger partial charge on any atom is 0.246 e. The number of hydrogen-bond acceptors (Lipinski definition) is 6. The zero-order chi connectivity index (χ0) is 17.7. The lowest BCUT2D eigenvalue weighted by Crippen LogP contribution is -2.31. The van der Waals surface area contributed by atoms with Crippen LogP contribution < -0.4 is 5.32 Å². The lowest BCUT2D eigenvalue weighted by atomic mass is 10.2. The molecule has 2 heterocycles. The molecule has 1 fully saturated rings. The van der Waals surface area contributed by atoms with Crippen LogP contribution in [0, 0.1) is 0 Å². The van der Waals surface area contributed by atoms with Crippen molar-refractivity contribution in [2.24, 2.45) is 0 Å². The molecular formula is C15H20N6O3S. The molecule has 0 saturated carbocycles. The third-order valence-electron chi connectivity index (χ3n) is 4.04. The van der Waals surface area contributed by atoms with Crippen molar-refractivity contribution >= 4 is 21.6 Å². The highest BCUT2D eigenvalue weighted by atomic mass is 32.2. The molecule has 1 aliphatic heterocycles. The number of benzene rings is 1. The Bertz CT molecular complexity index is 796. The number of sulfonamides is 1. The molecule has 1 N–H and O–H groups in total. The van der Waals surface area contributed by atoms with Crippen LogP contribution in [0.3, 0.4) is 0 Å². The highest BCUT2D eigenvalue weighted by Crippen LogP contribution is 2.21. The highest BCUT2D eigenvalue weighted by Gasteiger charge is 2.24. The average molecular weight is 364 g/mol. The minimum absolute atomic E-state index is 0.0131. The maximum atomic E-state index is 12.7. The normalized spacial score (nSPS) is 16.3. The Labute approximate surface area is 146 Å². The van der Waals surface area contributed by atoms with E-state index >= 15 is 0 Å². The third-order valence-corrected chi connectivity index (χ3v) is 5.95. The van der Waals surface area contributed by atoms with Gasteiger partial charge in [0.1, 0.15) is 12.9 Å². The number of amides is 1. The van der Waals surface area contributed by atoms with Crippen molar-refractivity contribution in [1.82, 2.24) is 24.5 Å². The molecule has 0 radical (unpaired) electrons. The molecule has 1 saturated heterocycles. The van der Waals surface area contributed by atoms with Gasteiger partial charge in [-0.15, -0.1) is 5.10 Å². The fourth-order valence-corrected chi connectivity index (χ4v) is 4.26. The zero-order valence-electron chi connectivity index (χ0n) is 13.7. The lowest BCUT2D eigenvalue weighted by Gasteiger charge is -2.20. The van der Waals surface area contributed by atoms with E-state index in [4.69, 9.17) is 0 Å². The summed E-state index contributed by atoms with van der Waals surface area (Å²) in [5.74, 6) is -0.296. The molecular weight excluding hydrogens is 344 g/mol. The van der Waals surface area contributed by atoms with Crippen LogP contribution in [0.5, 0.6) is 0 Å². The molecule has 25 heavy (non-hydrogen) atoms. The van der Waals surface area contributed by atoms with Gasteiger partial charge in [0.2, 0.25) is 15.9 Å². The van der Waals surface area contributed by atoms with E-state index in [0.29, 0.717) is 18.8 Å². The molecule has 134 valence electrons. The van der Waals surface area contributed by atoms with E-state index in [0.717, 1.165) is 25.7 Å². The lowest BCUT2D eigenvalue weighted by molar-refractivity contribution is -0.116. The summed E-state index contributed by atoms with van der Waals surface area (Å²) in [5.41, 5.74) is 0.521. The number of nitrogens with zero attached hydrogens (tertiary/aromatic N) is 5. The molecule has 10 heteroatoms. The van der Waals surface area contributed by atoms with Gasteiger partial charge in [0.25, 0.3) is 0 Å². The fraction of sp³-hybridized carbons (Fsp3) is 0.467. The summed E-state index contributed by atoms with van der Waals surface area (Å²) >= 11 is 0. The van der Waals surface area contributed by atoms with Gasteiger partial charge >= 0.3 is 0 Å². The number of hydrogen-bond donors (Lipinski definition) is 1. The molecule has 1 aliphatic rings. The summed E-state index contributed by atoms with van der Waals surface area (Å²) in [4.78, 5) is 12.1. The quantitative estimate of drug-likeness (QED) is 0.843. The predicted octanol–water partition coefficient (Wildman–Crippen LogP) is 0.876. The van der Waals surface area contributed by atoms with Crippen molar-refractivity contribution in [2.45, 2.75) is 37.1 Å². The standard InChI is InChI=1S/C15H20N6O3S/c22-15(11-20-12-16-18-19-20)17-13-5-7-14(8-6-13)25(23,24)21-9-3-1-2-4-10-21/h5-8,12H,1-4,9-11H2,(H,17,22). The first-order valence-corrected chi connectivity index (χ1v) is 9.60. The monoisotopic (exact) mass is 364 g/mol. The first-order valence-electron chi connectivity index (χ1n) is 8.16. The predicted molar refractivity (Wildman–Crippen MR) is 90.1 cm³/mol. The summed E-state index contributed by atoms with van der Waals surface area (Å²) in [6.45, 7) is 1.11. The number of aromatic nitrogens is 4. The van der Waals surface area contributed by atoms with E-state index in [1.165, 1.54) is 23.1 Å². The Balaban J connectivity index is 1.65. The maximum absolute atomic E-state index is 12.7. The number of rotatable bonds is 5. The summed E-state index contributed by atoms with van der Waals surface area (Å²) in [6.07, 6.45) is 5.27. The Morgan fingerprint density at radius 2 is 1.76 bits per heavy atom. The first kappa shape index (κ1) is 17.5. The van der Waals surface area contributed by atoms with Gasteiger partial charge in [-0.1, -0.05) is 12.8 Å². The van der Waals surface area contributed by atoms with Crippen LogP contribution in [0.2, 0.25) is 0 Å². The topological polar surface area (TPSA) is 110 Å². The van der Waals surface area contributed by atoms with Crippen molar-refractivity contribution in [3.8, 4) is 0 Å².